The third kappa shape index (κ3) is 4.59. The van der Waals surface area contributed by atoms with E-state index in [0.29, 0.717) is 16.6 Å². The number of hydrogen-bond acceptors (Lipinski definition) is 4. The van der Waals surface area contributed by atoms with E-state index in [2.05, 4.69) is 10.3 Å². The average molecular weight is 326 g/mol. The van der Waals surface area contributed by atoms with Crippen LogP contribution in [-0.2, 0) is 0 Å². The van der Waals surface area contributed by atoms with E-state index in [1.54, 1.807) is 17.8 Å². The molecule has 1 aromatic carbocycles. The molecule has 21 heavy (non-hydrogen) atoms. The van der Waals surface area contributed by atoms with Crippen molar-refractivity contribution in [2.75, 3.05) is 18.0 Å². The summed E-state index contributed by atoms with van der Waals surface area (Å²) in [5.41, 5.74) is 6.80. The summed E-state index contributed by atoms with van der Waals surface area (Å²) in [6, 6.07) is 8.38. The molecule has 0 aliphatic rings. The molecule has 1 aromatic heterocycles. The first-order valence-corrected chi connectivity index (χ1v) is 7.99. The monoisotopic (exact) mass is 325 g/mol. The molecular formula is C15H17ClFN3S. The maximum Gasteiger partial charge on any atom is 0.128 e. The molecule has 0 aliphatic carbocycles. The average Bonchev–Trinajstić information content (AvgIpc) is 2.46. The van der Waals surface area contributed by atoms with Gasteiger partial charge in [0.05, 0.1) is 5.02 Å². The zero-order chi connectivity index (χ0) is 15.2. The fourth-order valence-corrected chi connectivity index (χ4v) is 3.18. The lowest BCUT2D eigenvalue weighted by Gasteiger charge is -2.19. The molecule has 0 bridgehead atoms. The van der Waals surface area contributed by atoms with Crippen LogP contribution in [-0.4, -0.2) is 17.3 Å². The third-order valence-electron chi connectivity index (χ3n) is 2.95. The van der Waals surface area contributed by atoms with Crippen LogP contribution in [0, 0.1) is 5.82 Å². The van der Waals surface area contributed by atoms with E-state index in [-0.39, 0.29) is 11.9 Å². The second-order valence-electron chi connectivity index (χ2n) is 4.51. The van der Waals surface area contributed by atoms with Gasteiger partial charge in [-0.1, -0.05) is 24.6 Å². The fourth-order valence-electron chi connectivity index (χ4n) is 1.99. The van der Waals surface area contributed by atoms with Crippen molar-refractivity contribution in [3.8, 4) is 0 Å². The third-order valence-corrected chi connectivity index (χ3v) is 4.25. The van der Waals surface area contributed by atoms with E-state index in [1.165, 1.54) is 18.3 Å². The summed E-state index contributed by atoms with van der Waals surface area (Å²) in [5.74, 6) is 0.942. The quantitative estimate of drug-likeness (QED) is 0.791. The van der Waals surface area contributed by atoms with E-state index in [1.807, 2.05) is 19.1 Å². The van der Waals surface area contributed by atoms with Crippen molar-refractivity contribution in [1.82, 2.24) is 10.3 Å². The van der Waals surface area contributed by atoms with Crippen molar-refractivity contribution in [3.05, 3.63) is 52.9 Å². The minimum Gasteiger partial charge on any atom is -0.383 e. The van der Waals surface area contributed by atoms with Gasteiger partial charge in [-0.2, -0.15) is 0 Å². The van der Waals surface area contributed by atoms with Crippen molar-refractivity contribution in [1.29, 1.82) is 0 Å². The van der Waals surface area contributed by atoms with Crippen LogP contribution in [0.25, 0.3) is 0 Å². The number of halogens is 2. The summed E-state index contributed by atoms with van der Waals surface area (Å²) in [5, 5.41) is 3.91. The number of benzene rings is 1. The maximum absolute atomic E-state index is 13.2. The summed E-state index contributed by atoms with van der Waals surface area (Å²) < 4.78 is 13.2. The molecule has 0 fully saturated rings. The summed E-state index contributed by atoms with van der Waals surface area (Å²) in [7, 11) is 0. The molecule has 2 rings (SSSR count). The highest BCUT2D eigenvalue weighted by atomic mass is 35.5. The van der Waals surface area contributed by atoms with E-state index >= 15 is 0 Å². The first-order chi connectivity index (χ1) is 10.1. The second-order valence-corrected chi connectivity index (χ2v) is 6.04. The van der Waals surface area contributed by atoms with Crippen molar-refractivity contribution < 1.29 is 4.39 Å². The zero-order valence-electron chi connectivity index (χ0n) is 11.6. The van der Waals surface area contributed by atoms with Crippen LogP contribution in [0.15, 0.2) is 41.4 Å². The first-order valence-electron chi connectivity index (χ1n) is 6.62. The lowest BCUT2D eigenvalue weighted by molar-refractivity contribution is 0.605. The Kier molecular flexibility index (Phi) is 5.85. The van der Waals surface area contributed by atoms with Gasteiger partial charge < -0.3 is 11.1 Å². The van der Waals surface area contributed by atoms with Crippen LogP contribution in [0.2, 0.25) is 5.02 Å². The van der Waals surface area contributed by atoms with Crippen LogP contribution in [0.4, 0.5) is 10.2 Å². The highest BCUT2D eigenvalue weighted by Gasteiger charge is 2.15. The Hall–Kier alpha value is -1.30. The molecule has 0 amide bonds. The normalized spacial score (nSPS) is 12.3. The summed E-state index contributed by atoms with van der Waals surface area (Å²) in [6.45, 7) is 2.81. The fraction of sp³-hybridized carbons (Fsp3) is 0.267. The molecule has 1 atom stereocenters. The number of rotatable bonds is 6. The Labute approximate surface area is 133 Å². The van der Waals surface area contributed by atoms with Crippen molar-refractivity contribution >= 4 is 29.2 Å². The van der Waals surface area contributed by atoms with E-state index < -0.39 is 0 Å². The van der Waals surface area contributed by atoms with E-state index in [0.717, 1.165) is 17.0 Å². The SMILES string of the molecule is CCNC(CSc1cccc(F)c1)c1cc(Cl)cnc1N. The molecule has 3 N–H and O–H groups in total. The van der Waals surface area contributed by atoms with Crippen LogP contribution in [0.5, 0.6) is 0 Å². The lowest BCUT2D eigenvalue weighted by Crippen LogP contribution is -2.24. The molecular weight excluding hydrogens is 309 g/mol. The molecule has 2 aromatic rings. The number of thioether (sulfide) groups is 1. The Morgan fingerprint density at radius 3 is 2.95 bits per heavy atom. The number of nitrogens with zero attached hydrogens (tertiary/aromatic N) is 1. The number of nitrogens with two attached hydrogens (primary N) is 1. The molecule has 0 spiro atoms. The summed E-state index contributed by atoms with van der Waals surface area (Å²) >= 11 is 7.56. The number of anilines is 1. The van der Waals surface area contributed by atoms with Gasteiger partial charge in [-0.25, -0.2) is 9.37 Å². The largest absolute Gasteiger partial charge is 0.383 e. The minimum atomic E-state index is -0.232. The molecule has 1 heterocycles. The topological polar surface area (TPSA) is 50.9 Å². The molecule has 112 valence electrons. The molecule has 0 radical (unpaired) electrons. The Bertz CT molecular complexity index is 609. The Balaban J connectivity index is 2.13. The molecule has 0 saturated heterocycles. The number of aromatic nitrogens is 1. The van der Waals surface area contributed by atoms with E-state index in [9.17, 15) is 4.39 Å². The van der Waals surface area contributed by atoms with Gasteiger partial charge in [0.1, 0.15) is 11.6 Å². The van der Waals surface area contributed by atoms with Crippen molar-refractivity contribution in [2.45, 2.75) is 17.9 Å². The van der Waals surface area contributed by atoms with Crippen LogP contribution in [0.3, 0.4) is 0 Å². The van der Waals surface area contributed by atoms with Crippen LogP contribution >= 0.6 is 23.4 Å². The standard InChI is InChI=1S/C15H17ClFN3S/c1-2-19-14(13-6-10(16)8-20-15(13)18)9-21-12-5-3-4-11(17)7-12/h3-8,14,19H,2,9H2,1H3,(H2,18,20). The predicted molar refractivity (Wildman–Crippen MR) is 87.2 cm³/mol. The van der Waals surface area contributed by atoms with E-state index in [4.69, 9.17) is 17.3 Å². The molecule has 0 aliphatic heterocycles. The molecule has 0 saturated carbocycles. The lowest BCUT2D eigenvalue weighted by atomic mass is 10.1. The van der Waals surface area contributed by atoms with Gasteiger partial charge in [0.25, 0.3) is 0 Å². The summed E-state index contributed by atoms with van der Waals surface area (Å²) in [4.78, 5) is 4.97. The highest BCUT2D eigenvalue weighted by Crippen LogP contribution is 2.28. The van der Waals surface area contributed by atoms with Gasteiger partial charge in [0, 0.05) is 28.5 Å². The maximum atomic E-state index is 13.2. The molecule has 3 nitrogen and oxygen atoms in total. The van der Waals surface area contributed by atoms with Crippen LogP contribution < -0.4 is 11.1 Å². The molecule has 1 unspecified atom stereocenters. The smallest absolute Gasteiger partial charge is 0.128 e. The number of nitrogen functional groups attached to an aromatic ring is 1. The summed E-state index contributed by atoms with van der Waals surface area (Å²) in [6.07, 6.45) is 1.53. The van der Waals surface area contributed by atoms with Crippen molar-refractivity contribution in [2.24, 2.45) is 0 Å². The highest BCUT2D eigenvalue weighted by molar-refractivity contribution is 7.99. The van der Waals surface area contributed by atoms with Gasteiger partial charge in [-0.3, -0.25) is 0 Å². The second kappa shape index (κ2) is 7.64. The van der Waals surface area contributed by atoms with Crippen LogP contribution in [0.1, 0.15) is 18.5 Å². The number of hydrogen-bond donors (Lipinski definition) is 2. The first kappa shape index (κ1) is 16.1. The van der Waals surface area contributed by atoms with Gasteiger partial charge in [-0.05, 0) is 30.8 Å². The molecule has 6 heteroatoms. The van der Waals surface area contributed by atoms with Gasteiger partial charge >= 0.3 is 0 Å². The van der Waals surface area contributed by atoms with Gasteiger partial charge in [0.2, 0.25) is 0 Å². The zero-order valence-corrected chi connectivity index (χ0v) is 13.2. The van der Waals surface area contributed by atoms with Crippen molar-refractivity contribution in [3.63, 3.8) is 0 Å². The number of pyridine rings is 1. The number of nitrogens with one attached hydrogen (secondary N) is 1. The predicted octanol–water partition coefficient (Wildman–Crippen LogP) is 3.90. The Morgan fingerprint density at radius 2 is 2.24 bits per heavy atom. The van der Waals surface area contributed by atoms with Gasteiger partial charge in [-0.15, -0.1) is 11.8 Å². The minimum absolute atomic E-state index is 0.00877. The Morgan fingerprint density at radius 1 is 1.43 bits per heavy atom. The van der Waals surface area contributed by atoms with Gasteiger partial charge in [0.15, 0.2) is 0 Å².